The smallest absolute Gasteiger partial charge is 0.187 e. The summed E-state index contributed by atoms with van der Waals surface area (Å²) in [7, 11) is 0. The first-order chi connectivity index (χ1) is 16.9. The van der Waals surface area contributed by atoms with Crippen molar-refractivity contribution < 1.29 is 54.3 Å². The average molecular weight is 526 g/mol. The van der Waals surface area contributed by atoms with Gasteiger partial charge in [-0.05, 0) is 20.3 Å². The van der Waals surface area contributed by atoms with Gasteiger partial charge < -0.3 is 71.5 Å². The first-order valence-electron chi connectivity index (χ1n) is 12.5. The Balaban J connectivity index is 1.83. The Hall–Kier alpha value is -0.560. The Morgan fingerprint density at radius 2 is 1.36 bits per heavy atom. The zero-order valence-corrected chi connectivity index (χ0v) is 20.8. The monoisotopic (exact) mass is 525 g/mol. The first kappa shape index (κ1) is 30.0. The third-order valence-corrected chi connectivity index (χ3v) is 7.06. The Kier molecular flexibility index (Phi) is 10.4. The van der Waals surface area contributed by atoms with E-state index in [-0.39, 0.29) is 0 Å². The number of aliphatic hydroxyl groups is 6. The maximum absolute atomic E-state index is 11.1. The van der Waals surface area contributed by atoms with Gasteiger partial charge in [-0.3, -0.25) is 0 Å². The van der Waals surface area contributed by atoms with E-state index in [1.807, 2.05) is 6.92 Å². The number of ether oxygens (including phenoxy) is 5. The molecule has 0 amide bonds. The van der Waals surface area contributed by atoms with Gasteiger partial charge in [0.15, 0.2) is 12.6 Å². The molecular weight excluding hydrogens is 482 g/mol. The summed E-state index contributed by atoms with van der Waals surface area (Å²) in [6, 6.07) is -1.86. The van der Waals surface area contributed by atoms with Crippen molar-refractivity contribution in [2.75, 3.05) is 0 Å². The molecule has 0 aromatic carbocycles. The lowest BCUT2D eigenvalue weighted by molar-refractivity contribution is -0.340. The topological polar surface area (TPSA) is 246 Å². The molecule has 212 valence electrons. The highest BCUT2D eigenvalue weighted by Gasteiger charge is 2.53. The van der Waals surface area contributed by atoms with Gasteiger partial charge in [0, 0.05) is 6.04 Å². The summed E-state index contributed by atoms with van der Waals surface area (Å²) < 4.78 is 29.0. The number of hydrogen-bond donors (Lipinski definition) is 9. The summed E-state index contributed by atoms with van der Waals surface area (Å²) in [5.41, 5.74) is 18.1. The predicted molar refractivity (Wildman–Crippen MR) is 123 cm³/mol. The van der Waals surface area contributed by atoms with Crippen LogP contribution in [0.5, 0.6) is 0 Å². The fourth-order valence-electron chi connectivity index (χ4n) is 4.87. The number of hydrogen-bond acceptors (Lipinski definition) is 14. The van der Waals surface area contributed by atoms with Crippen molar-refractivity contribution in [1.29, 1.82) is 0 Å². The van der Waals surface area contributed by atoms with E-state index in [2.05, 4.69) is 0 Å². The standard InChI is InChI=1S/C22H43N3O11/c1-4-5-6-9-11(27)18(35-22-15(31)14(30)16(33-22)7(2)23)19(20(25)32-9)36-21-10(24)12(28)13(29)17(34-21)8(3)26/h7-22,26-31H,4-6,23-25H2,1-3H3/t7-,8+,9-,10?,11?,12+,13-,14?,15?,16+,17?,18+,19-,20?,21+,22-/m0/s1. The van der Waals surface area contributed by atoms with Gasteiger partial charge in [0.1, 0.15) is 61.2 Å². The van der Waals surface area contributed by atoms with Crippen LogP contribution >= 0.6 is 0 Å². The molecule has 14 heteroatoms. The van der Waals surface area contributed by atoms with Gasteiger partial charge >= 0.3 is 0 Å². The molecule has 16 atom stereocenters. The largest absolute Gasteiger partial charge is 0.391 e. The van der Waals surface area contributed by atoms with Gasteiger partial charge in [-0.15, -0.1) is 0 Å². The van der Waals surface area contributed by atoms with Crippen molar-refractivity contribution in [2.24, 2.45) is 17.2 Å². The Morgan fingerprint density at radius 1 is 0.778 bits per heavy atom. The Labute approximate surface area is 210 Å². The third-order valence-electron chi connectivity index (χ3n) is 7.06. The van der Waals surface area contributed by atoms with E-state index in [0.717, 1.165) is 12.8 Å². The molecule has 3 aliphatic rings. The van der Waals surface area contributed by atoms with Crippen LogP contribution in [0.25, 0.3) is 0 Å². The minimum Gasteiger partial charge on any atom is -0.391 e. The van der Waals surface area contributed by atoms with Crippen LogP contribution in [0.2, 0.25) is 0 Å². The van der Waals surface area contributed by atoms with Crippen molar-refractivity contribution in [3.63, 3.8) is 0 Å². The minimum atomic E-state index is -1.49. The highest BCUT2D eigenvalue weighted by molar-refractivity contribution is 4.98. The number of unbranched alkanes of at least 4 members (excludes halogenated alkanes) is 1. The van der Waals surface area contributed by atoms with Crippen LogP contribution < -0.4 is 17.2 Å². The molecule has 0 spiro atoms. The van der Waals surface area contributed by atoms with E-state index >= 15 is 0 Å². The van der Waals surface area contributed by atoms with Crippen molar-refractivity contribution in [2.45, 2.75) is 138 Å². The fraction of sp³-hybridized carbons (Fsp3) is 1.00. The lowest BCUT2D eigenvalue weighted by Crippen LogP contribution is -2.68. The second-order valence-corrected chi connectivity index (χ2v) is 10.1. The molecule has 0 bridgehead atoms. The second kappa shape index (κ2) is 12.5. The quantitative estimate of drug-likeness (QED) is 0.139. The van der Waals surface area contributed by atoms with Crippen LogP contribution in [-0.4, -0.2) is 129 Å². The van der Waals surface area contributed by atoms with Crippen LogP contribution in [-0.2, 0) is 23.7 Å². The number of rotatable bonds is 9. The Bertz CT molecular complexity index is 692. The van der Waals surface area contributed by atoms with E-state index in [1.54, 1.807) is 6.92 Å². The molecule has 0 saturated carbocycles. The van der Waals surface area contributed by atoms with Crippen molar-refractivity contribution >= 4 is 0 Å². The molecule has 0 radical (unpaired) electrons. The summed E-state index contributed by atoms with van der Waals surface area (Å²) in [6.07, 6.45) is -15.4. The number of aliphatic hydroxyl groups excluding tert-OH is 6. The molecule has 3 aliphatic heterocycles. The molecule has 12 N–H and O–H groups in total. The maximum atomic E-state index is 11.1. The van der Waals surface area contributed by atoms with Crippen LogP contribution in [0.4, 0.5) is 0 Å². The molecule has 3 rings (SSSR count). The molecule has 6 unspecified atom stereocenters. The van der Waals surface area contributed by atoms with E-state index in [0.29, 0.717) is 6.42 Å². The number of nitrogens with two attached hydrogens (primary N) is 3. The van der Waals surface area contributed by atoms with Gasteiger partial charge in [0.2, 0.25) is 0 Å². The molecule has 3 fully saturated rings. The summed E-state index contributed by atoms with van der Waals surface area (Å²) in [4.78, 5) is 0. The van der Waals surface area contributed by atoms with Crippen LogP contribution in [0, 0.1) is 0 Å². The van der Waals surface area contributed by atoms with Crippen molar-refractivity contribution in [1.82, 2.24) is 0 Å². The van der Waals surface area contributed by atoms with E-state index in [4.69, 9.17) is 40.9 Å². The lowest BCUT2D eigenvalue weighted by atomic mass is 9.93. The van der Waals surface area contributed by atoms with Crippen LogP contribution in [0.3, 0.4) is 0 Å². The first-order valence-corrected chi connectivity index (χ1v) is 12.5. The highest BCUT2D eigenvalue weighted by atomic mass is 16.7. The Morgan fingerprint density at radius 3 is 1.92 bits per heavy atom. The van der Waals surface area contributed by atoms with Crippen LogP contribution in [0.15, 0.2) is 0 Å². The van der Waals surface area contributed by atoms with Gasteiger partial charge in [0.05, 0.1) is 18.2 Å². The lowest BCUT2D eigenvalue weighted by Gasteiger charge is -2.48. The molecule has 0 aromatic heterocycles. The van der Waals surface area contributed by atoms with Gasteiger partial charge in [-0.25, -0.2) is 0 Å². The molecule has 14 nitrogen and oxygen atoms in total. The SMILES string of the molecule is CCCC[C@@H]1OC(N)[C@@H](O[C@H]2OC([C@@H](C)O)[C@@H](O)[C@H](O)C2N)[C@H](O[C@@H]2O[C@H]([C@H](C)N)C(O)C2O)C1O. The second-order valence-electron chi connectivity index (χ2n) is 10.1. The highest BCUT2D eigenvalue weighted by Crippen LogP contribution is 2.34. The van der Waals surface area contributed by atoms with Gasteiger partial charge in [-0.2, -0.15) is 0 Å². The summed E-state index contributed by atoms with van der Waals surface area (Å²) in [6.45, 7) is 4.96. The van der Waals surface area contributed by atoms with E-state index in [1.165, 1.54) is 6.92 Å². The van der Waals surface area contributed by atoms with Crippen molar-refractivity contribution in [3.05, 3.63) is 0 Å². The molecule has 3 saturated heterocycles. The average Bonchev–Trinajstić information content (AvgIpc) is 3.10. The summed E-state index contributed by atoms with van der Waals surface area (Å²) >= 11 is 0. The summed E-state index contributed by atoms with van der Waals surface area (Å²) in [5, 5.41) is 62.5. The maximum Gasteiger partial charge on any atom is 0.187 e. The zero-order valence-electron chi connectivity index (χ0n) is 20.8. The normalized spacial score (nSPS) is 49.7. The van der Waals surface area contributed by atoms with E-state index in [9.17, 15) is 30.6 Å². The van der Waals surface area contributed by atoms with Gasteiger partial charge in [0.25, 0.3) is 0 Å². The summed E-state index contributed by atoms with van der Waals surface area (Å²) in [5.74, 6) is 0. The van der Waals surface area contributed by atoms with Crippen LogP contribution in [0.1, 0.15) is 40.0 Å². The zero-order chi connectivity index (χ0) is 26.9. The predicted octanol–water partition coefficient (Wildman–Crippen LogP) is -4.06. The van der Waals surface area contributed by atoms with Crippen molar-refractivity contribution in [3.8, 4) is 0 Å². The van der Waals surface area contributed by atoms with Gasteiger partial charge in [-0.1, -0.05) is 19.8 Å². The van der Waals surface area contributed by atoms with E-state index < -0.39 is 98.0 Å². The molecule has 36 heavy (non-hydrogen) atoms. The minimum absolute atomic E-state index is 0.464. The molecular formula is C22H43N3O11. The molecule has 0 aliphatic carbocycles. The molecule has 0 aromatic rings. The third kappa shape index (κ3) is 6.18. The fourth-order valence-corrected chi connectivity index (χ4v) is 4.87. The molecule has 3 heterocycles.